The highest BCUT2D eigenvalue weighted by Crippen LogP contribution is 2.12. The van der Waals surface area contributed by atoms with Gasteiger partial charge in [0.2, 0.25) is 0 Å². The second-order valence-corrected chi connectivity index (χ2v) is 3.25. The van der Waals surface area contributed by atoms with Crippen LogP contribution in [0.3, 0.4) is 0 Å². The van der Waals surface area contributed by atoms with Crippen LogP contribution in [0.2, 0.25) is 0 Å². The van der Waals surface area contributed by atoms with E-state index in [0.29, 0.717) is 0 Å². The highest BCUT2D eigenvalue weighted by Gasteiger charge is 2.03. The zero-order valence-electron chi connectivity index (χ0n) is 8.63. The first-order valence-electron chi connectivity index (χ1n) is 4.84. The average molecular weight is 193 g/mol. The fourth-order valence-electron chi connectivity index (χ4n) is 1.26. The fourth-order valence-corrected chi connectivity index (χ4v) is 1.26. The van der Waals surface area contributed by atoms with E-state index in [0.717, 1.165) is 12.1 Å². The largest absolute Gasteiger partial charge is 0.307 e. The van der Waals surface area contributed by atoms with Gasteiger partial charge in [-0.2, -0.15) is 0 Å². The topological polar surface area (TPSA) is 12.0 Å². The Morgan fingerprint density at radius 2 is 2.29 bits per heavy atom. The number of benzene rings is 1. The molecular formula is C12H16FN. The quantitative estimate of drug-likeness (QED) is 0.725. The molecule has 1 aromatic rings. The van der Waals surface area contributed by atoms with Crippen molar-refractivity contribution in [2.45, 2.75) is 19.9 Å². The van der Waals surface area contributed by atoms with E-state index in [-0.39, 0.29) is 11.9 Å². The molecule has 0 fully saturated rings. The van der Waals surface area contributed by atoms with Gasteiger partial charge in [-0.3, -0.25) is 0 Å². The molecule has 1 atom stereocenters. The van der Waals surface area contributed by atoms with Gasteiger partial charge in [0.1, 0.15) is 5.82 Å². The van der Waals surface area contributed by atoms with Gasteiger partial charge in [-0.1, -0.05) is 24.3 Å². The van der Waals surface area contributed by atoms with E-state index in [1.165, 1.54) is 6.07 Å². The molecule has 14 heavy (non-hydrogen) atoms. The minimum atomic E-state index is -0.179. The van der Waals surface area contributed by atoms with Crippen LogP contribution in [0.4, 0.5) is 4.39 Å². The van der Waals surface area contributed by atoms with Gasteiger partial charge in [-0.25, -0.2) is 4.39 Å². The maximum absolute atomic E-state index is 12.9. The molecule has 0 unspecified atom stereocenters. The molecule has 1 rings (SSSR count). The third kappa shape index (κ3) is 3.30. The molecule has 0 aliphatic carbocycles. The van der Waals surface area contributed by atoms with Crippen LogP contribution in [0, 0.1) is 5.82 Å². The number of halogens is 1. The molecule has 0 saturated heterocycles. The molecule has 0 bridgehead atoms. The Morgan fingerprint density at radius 3 is 2.93 bits per heavy atom. The Bertz CT molecular complexity index is 307. The van der Waals surface area contributed by atoms with Crippen LogP contribution in [0.5, 0.6) is 0 Å². The van der Waals surface area contributed by atoms with E-state index in [4.69, 9.17) is 0 Å². The predicted molar refractivity (Wildman–Crippen MR) is 57.6 cm³/mol. The van der Waals surface area contributed by atoms with Crippen molar-refractivity contribution in [1.29, 1.82) is 0 Å². The number of hydrogen-bond acceptors (Lipinski definition) is 1. The van der Waals surface area contributed by atoms with Crippen molar-refractivity contribution in [3.63, 3.8) is 0 Å². The third-order valence-corrected chi connectivity index (χ3v) is 2.13. The lowest BCUT2D eigenvalue weighted by molar-refractivity contribution is 0.594. The fraction of sp³-hybridized carbons (Fsp3) is 0.333. The first-order chi connectivity index (χ1) is 6.74. The summed E-state index contributed by atoms with van der Waals surface area (Å²) in [6.07, 6.45) is 4.03. The molecule has 0 aliphatic rings. The van der Waals surface area contributed by atoms with E-state index in [1.54, 1.807) is 12.1 Å². The first kappa shape index (κ1) is 10.9. The molecule has 0 aromatic heterocycles. The molecule has 0 saturated carbocycles. The Balaban J connectivity index is 2.55. The molecule has 0 spiro atoms. The van der Waals surface area contributed by atoms with Crippen LogP contribution in [-0.2, 0) is 0 Å². The van der Waals surface area contributed by atoms with Crippen LogP contribution in [-0.4, -0.2) is 6.54 Å². The Kier molecular flexibility index (Phi) is 4.33. The monoisotopic (exact) mass is 193 g/mol. The number of hydrogen-bond donors (Lipinski definition) is 1. The molecule has 76 valence electrons. The van der Waals surface area contributed by atoms with E-state index in [1.807, 2.05) is 32.1 Å². The van der Waals surface area contributed by atoms with Gasteiger partial charge in [-0.05, 0) is 31.5 Å². The molecule has 0 radical (unpaired) electrons. The number of rotatable bonds is 4. The van der Waals surface area contributed by atoms with Gasteiger partial charge in [0, 0.05) is 12.6 Å². The van der Waals surface area contributed by atoms with Gasteiger partial charge in [-0.15, -0.1) is 0 Å². The molecule has 1 aromatic carbocycles. The number of allylic oxidation sites excluding steroid dienone is 1. The van der Waals surface area contributed by atoms with E-state index < -0.39 is 0 Å². The Labute approximate surface area is 84.6 Å². The molecule has 2 heteroatoms. The highest BCUT2D eigenvalue weighted by atomic mass is 19.1. The van der Waals surface area contributed by atoms with Gasteiger partial charge < -0.3 is 5.32 Å². The summed E-state index contributed by atoms with van der Waals surface area (Å²) in [7, 11) is 0. The smallest absolute Gasteiger partial charge is 0.123 e. The van der Waals surface area contributed by atoms with Crippen molar-refractivity contribution >= 4 is 0 Å². The Hall–Kier alpha value is -1.15. The first-order valence-corrected chi connectivity index (χ1v) is 4.84. The second-order valence-electron chi connectivity index (χ2n) is 3.25. The molecule has 1 N–H and O–H groups in total. The van der Waals surface area contributed by atoms with E-state index in [9.17, 15) is 4.39 Å². The summed E-state index contributed by atoms with van der Waals surface area (Å²) in [6, 6.07) is 6.87. The summed E-state index contributed by atoms with van der Waals surface area (Å²) in [5.74, 6) is -0.179. The minimum Gasteiger partial charge on any atom is -0.307 e. The maximum Gasteiger partial charge on any atom is 0.123 e. The summed E-state index contributed by atoms with van der Waals surface area (Å²) in [5, 5.41) is 3.27. The predicted octanol–water partition coefficient (Wildman–Crippen LogP) is 3.05. The normalized spacial score (nSPS) is 13.4. The second kappa shape index (κ2) is 5.55. The van der Waals surface area contributed by atoms with Crippen molar-refractivity contribution in [3.8, 4) is 0 Å². The van der Waals surface area contributed by atoms with E-state index >= 15 is 0 Å². The third-order valence-electron chi connectivity index (χ3n) is 2.13. The summed E-state index contributed by atoms with van der Waals surface area (Å²) in [5.41, 5.74) is 0.981. The minimum absolute atomic E-state index is 0.179. The van der Waals surface area contributed by atoms with Crippen molar-refractivity contribution in [2.75, 3.05) is 6.54 Å². The highest BCUT2D eigenvalue weighted by molar-refractivity contribution is 5.19. The van der Waals surface area contributed by atoms with Gasteiger partial charge in [0.05, 0.1) is 0 Å². The van der Waals surface area contributed by atoms with Crippen molar-refractivity contribution in [1.82, 2.24) is 5.32 Å². The number of nitrogens with one attached hydrogen (secondary N) is 1. The SMILES string of the molecule is C/C=C/CN[C@H](C)c1cccc(F)c1. The lowest BCUT2D eigenvalue weighted by Gasteiger charge is -2.12. The summed E-state index contributed by atoms with van der Waals surface area (Å²) >= 11 is 0. The molecule has 0 heterocycles. The van der Waals surface area contributed by atoms with Crippen LogP contribution in [0.25, 0.3) is 0 Å². The molecule has 0 amide bonds. The van der Waals surface area contributed by atoms with Crippen molar-refractivity contribution in [2.24, 2.45) is 0 Å². The summed E-state index contributed by atoms with van der Waals surface area (Å²) < 4.78 is 12.9. The van der Waals surface area contributed by atoms with Gasteiger partial charge in [0.15, 0.2) is 0 Å². The lowest BCUT2D eigenvalue weighted by Crippen LogP contribution is -2.18. The molecule has 1 nitrogen and oxygen atoms in total. The zero-order valence-corrected chi connectivity index (χ0v) is 8.63. The van der Waals surface area contributed by atoms with Crippen LogP contribution in [0.15, 0.2) is 36.4 Å². The van der Waals surface area contributed by atoms with Gasteiger partial charge >= 0.3 is 0 Å². The average Bonchev–Trinajstić information content (AvgIpc) is 2.18. The summed E-state index contributed by atoms with van der Waals surface area (Å²) in [6.45, 7) is 4.82. The van der Waals surface area contributed by atoms with Gasteiger partial charge in [0.25, 0.3) is 0 Å². The Morgan fingerprint density at radius 1 is 1.50 bits per heavy atom. The van der Waals surface area contributed by atoms with Crippen molar-refractivity contribution < 1.29 is 4.39 Å². The van der Waals surface area contributed by atoms with Crippen molar-refractivity contribution in [3.05, 3.63) is 47.8 Å². The summed E-state index contributed by atoms with van der Waals surface area (Å²) in [4.78, 5) is 0. The van der Waals surface area contributed by atoms with Crippen LogP contribution in [0.1, 0.15) is 25.5 Å². The zero-order chi connectivity index (χ0) is 10.4. The van der Waals surface area contributed by atoms with E-state index in [2.05, 4.69) is 5.32 Å². The molecular weight excluding hydrogens is 177 g/mol. The van der Waals surface area contributed by atoms with Crippen LogP contribution < -0.4 is 5.32 Å². The lowest BCUT2D eigenvalue weighted by atomic mass is 10.1. The van der Waals surface area contributed by atoms with Crippen LogP contribution >= 0.6 is 0 Å². The maximum atomic E-state index is 12.9. The molecule has 0 aliphatic heterocycles. The standard InChI is InChI=1S/C12H16FN/c1-3-4-8-14-10(2)11-6-5-7-12(13)9-11/h3-7,9-10,14H,8H2,1-2H3/b4-3+/t10-/m1/s1.